The largest absolute Gasteiger partial charge is 0.453 e. The molecule has 0 unspecified atom stereocenters. The maximum Gasteiger partial charge on any atom is 0.163 e. The minimum Gasteiger partial charge on any atom is -0.453 e. The molecule has 0 radical (unpaired) electrons. The zero-order chi connectivity index (χ0) is 28.8. The van der Waals surface area contributed by atoms with Crippen LogP contribution in [0, 0.1) is 0 Å². The Balaban J connectivity index is 1.33. The van der Waals surface area contributed by atoms with Crippen LogP contribution in [0.5, 0.6) is 23.0 Å². The first-order chi connectivity index (χ1) is 21.8. The molecular formula is C38H22N4O2. The van der Waals surface area contributed by atoms with Crippen LogP contribution in [0.2, 0.25) is 0 Å². The minimum absolute atomic E-state index is 0.776. The SMILES string of the molecule is c1ccc2c(c1)N=c1ccc3c(c1-2)N=C(N1c2ccccc2Oc2ccccc21)C=3N1c2ccccc2Oc2ccccc21. The van der Waals surface area contributed by atoms with E-state index in [-0.39, 0.29) is 0 Å². The summed E-state index contributed by atoms with van der Waals surface area (Å²) in [5.41, 5.74) is 8.71. The van der Waals surface area contributed by atoms with Crippen molar-refractivity contribution in [1.29, 1.82) is 0 Å². The average Bonchev–Trinajstić information content (AvgIpc) is 3.64. The number of benzene rings is 6. The summed E-state index contributed by atoms with van der Waals surface area (Å²) in [4.78, 5) is 15.0. The molecule has 0 fully saturated rings. The van der Waals surface area contributed by atoms with Crippen LogP contribution in [-0.2, 0) is 0 Å². The van der Waals surface area contributed by atoms with E-state index in [0.29, 0.717) is 0 Å². The van der Waals surface area contributed by atoms with Crippen LogP contribution < -0.4 is 29.8 Å². The second kappa shape index (κ2) is 8.69. The summed E-state index contributed by atoms with van der Waals surface area (Å²) in [6, 6.07) is 45.2. The number of aliphatic imine (C=N–C) groups is 1. The van der Waals surface area contributed by atoms with Gasteiger partial charge in [-0.05, 0) is 66.7 Å². The number of hydrogen-bond donors (Lipinski definition) is 0. The molecule has 6 aromatic carbocycles. The molecule has 44 heavy (non-hydrogen) atoms. The lowest BCUT2D eigenvalue weighted by Gasteiger charge is -2.38. The molecule has 0 atom stereocenters. The number of ether oxygens (including phenoxy) is 2. The van der Waals surface area contributed by atoms with Crippen LogP contribution in [0.4, 0.5) is 34.1 Å². The number of rotatable bonds is 1. The third kappa shape index (κ3) is 3.14. The summed E-state index contributed by atoms with van der Waals surface area (Å²) in [7, 11) is 0. The van der Waals surface area contributed by atoms with Crippen LogP contribution in [0.25, 0.3) is 16.8 Å². The summed E-state index contributed by atoms with van der Waals surface area (Å²) >= 11 is 0. The molecule has 0 saturated carbocycles. The fourth-order valence-corrected chi connectivity index (χ4v) is 6.69. The standard InChI is InChI=1S/C38H22N4O2/c1-2-12-25-23(11-1)35-26(39-25)22-21-24-36(35)40-38(42-29-15-5-9-19-33(29)44-34-20-10-6-16-30(34)42)37(24)41-27-13-3-7-17-31(27)43-32-18-8-4-14-28(32)41/h1-22H. The third-order valence-corrected chi connectivity index (χ3v) is 8.55. The summed E-state index contributed by atoms with van der Waals surface area (Å²) < 4.78 is 12.8. The molecule has 10 rings (SSSR count). The van der Waals surface area contributed by atoms with Crippen LogP contribution in [0.3, 0.4) is 0 Å². The van der Waals surface area contributed by atoms with Gasteiger partial charge in [0.05, 0.1) is 45.2 Å². The molecule has 0 amide bonds. The van der Waals surface area contributed by atoms with Gasteiger partial charge in [0, 0.05) is 16.3 Å². The monoisotopic (exact) mass is 566 g/mol. The molecule has 6 aromatic rings. The van der Waals surface area contributed by atoms with Crippen molar-refractivity contribution < 1.29 is 9.47 Å². The van der Waals surface area contributed by atoms with Crippen molar-refractivity contribution >= 4 is 45.7 Å². The van der Waals surface area contributed by atoms with Gasteiger partial charge >= 0.3 is 0 Å². The molecule has 0 spiro atoms. The third-order valence-electron chi connectivity index (χ3n) is 8.55. The first-order valence-corrected chi connectivity index (χ1v) is 14.6. The van der Waals surface area contributed by atoms with Crippen LogP contribution in [0.15, 0.2) is 143 Å². The summed E-state index contributed by atoms with van der Waals surface area (Å²) in [6.45, 7) is 0. The molecule has 0 saturated heterocycles. The number of anilines is 4. The Labute approximate surface area is 252 Å². The fourth-order valence-electron chi connectivity index (χ4n) is 6.69. The molecule has 6 nitrogen and oxygen atoms in total. The van der Waals surface area contributed by atoms with Gasteiger partial charge in [0.2, 0.25) is 0 Å². The average molecular weight is 567 g/mol. The van der Waals surface area contributed by atoms with Gasteiger partial charge in [-0.1, -0.05) is 66.7 Å². The van der Waals surface area contributed by atoms with Gasteiger partial charge in [-0.15, -0.1) is 0 Å². The normalized spacial score (nSPS) is 14.5. The molecule has 4 aliphatic rings. The molecule has 0 aliphatic carbocycles. The predicted octanol–water partition coefficient (Wildman–Crippen LogP) is 8.66. The summed E-state index contributed by atoms with van der Waals surface area (Å²) in [5.74, 6) is 3.93. The van der Waals surface area contributed by atoms with E-state index in [1.807, 2.05) is 78.9 Å². The highest BCUT2D eigenvalue weighted by Crippen LogP contribution is 2.53. The minimum atomic E-state index is 0.776. The van der Waals surface area contributed by atoms with E-state index >= 15 is 0 Å². The van der Waals surface area contributed by atoms with E-state index < -0.39 is 0 Å². The van der Waals surface area contributed by atoms with E-state index in [9.17, 15) is 0 Å². The maximum absolute atomic E-state index is 6.43. The maximum atomic E-state index is 6.43. The van der Waals surface area contributed by atoms with E-state index in [4.69, 9.17) is 19.5 Å². The summed E-state index contributed by atoms with van der Waals surface area (Å²) in [5, 5.41) is 1.96. The molecule has 4 heterocycles. The van der Waals surface area contributed by atoms with E-state index in [1.165, 1.54) is 0 Å². The van der Waals surface area contributed by atoms with Gasteiger partial charge in [-0.2, -0.15) is 0 Å². The van der Waals surface area contributed by atoms with Gasteiger partial charge in [-0.25, -0.2) is 9.98 Å². The second-order valence-corrected chi connectivity index (χ2v) is 11.0. The van der Waals surface area contributed by atoms with Gasteiger partial charge in [0.15, 0.2) is 28.8 Å². The molecular weight excluding hydrogens is 544 g/mol. The number of fused-ring (bicyclic) bond motifs is 9. The smallest absolute Gasteiger partial charge is 0.163 e. The van der Waals surface area contributed by atoms with Gasteiger partial charge in [0.1, 0.15) is 0 Å². The van der Waals surface area contributed by atoms with E-state index in [0.717, 1.165) is 90.4 Å². The highest BCUT2D eigenvalue weighted by molar-refractivity contribution is 6.35. The highest BCUT2D eigenvalue weighted by atomic mass is 16.5. The van der Waals surface area contributed by atoms with Gasteiger partial charge < -0.3 is 9.47 Å². The molecule has 206 valence electrons. The Bertz CT molecular complexity index is 2290. The molecule has 0 aromatic heterocycles. The predicted molar refractivity (Wildman–Crippen MR) is 173 cm³/mol. The van der Waals surface area contributed by atoms with Crippen molar-refractivity contribution in [3.05, 3.63) is 144 Å². The lowest BCUT2D eigenvalue weighted by Crippen LogP contribution is -2.36. The van der Waals surface area contributed by atoms with Crippen molar-refractivity contribution in [1.82, 2.24) is 0 Å². The molecule has 4 aliphatic heterocycles. The van der Waals surface area contributed by atoms with Crippen molar-refractivity contribution in [2.75, 3.05) is 9.80 Å². The van der Waals surface area contributed by atoms with Crippen molar-refractivity contribution in [3.8, 4) is 34.1 Å². The van der Waals surface area contributed by atoms with Crippen molar-refractivity contribution in [3.63, 3.8) is 0 Å². The van der Waals surface area contributed by atoms with Gasteiger partial charge in [-0.3, -0.25) is 9.80 Å². The Hall–Kier alpha value is -6.14. The zero-order valence-electron chi connectivity index (χ0n) is 23.3. The fraction of sp³-hybridized carbons (Fsp3) is 0. The Morgan fingerprint density at radius 3 is 1.55 bits per heavy atom. The van der Waals surface area contributed by atoms with Crippen molar-refractivity contribution in [2.24, 2.45) is 9.98 Å². The molecule has 0 bridgehead atoms. The molecule has 6 heteroatoms. The Morgan fingerprint density at radius 2 is 0.955 bits per heavy atom. The Kier molecular flexibility index (Phi) is 4.63. The van der Waals surface area contributed by atoms with Crippen LogP contribution in [-0.4, -0.2) is 5.84 Å². The van der Waals surface area contributed by atoms with E-state index in [2.05, 4.69) is 64.4 Å². The van der Waals surface area contributed by atoms with E-state index in [1.54, 1.807) is 0 Å². The highest BCUT2D eigenvalue weighted by Gasteiger charge is 2.39. The van der Waals surface area contributed by atoms with Crippen LogP contribution >= 0.6 is 0 Å². The number of hydrogen-bond acceptors (Lipinski definition) is 6. The zero-order valence-corrected chi connectivity index (χ0v) is 23.3. The van der Waals surface area contributed by atoms with Crippen LogP contribution in [0.1, 0.15) is 0 Å². The Morgan fingerprint density at radius 1 is 0.455 bits per heavy atom. The first kappa shape index (κ1) is 23.4. The lowest BCUT2D eigenvalue weighted by atomic mass is 10.0. The summed E-state index contributed by atoms with van der Waals surface area (Å²) in [6.07, 6.45) is 0. The number of para-hydroxylation sites is 9. The second-order valence-electron chi connectivity index (χ2n) is 11.0. The number of amidine groups is 1. The molecule has 0 N–H and O–H groups in total. The van der Waals surface area contributed by atoms with Gasteiger partial charge in [0.25, 0.3) is 0 Å². The quantitative estimate of drug-likeness (QED) is 0.200. The van der Waals surface area contributed by atoms with Crippen molar-refractivity contribution in [2.45, 2.75) is 0 Å². The number of nitrogens with zero attached hydrogens (tertiary/aromatic N) is 4. The lowest BCUT2D eigenvalue weighted by molar-refractivity contribution is 0.476. The topological polar surface area (TPSA) is 49.7 Å². The first-order valence-electron chi connectivity index (χ1n) is 14.6.